The number of H-pyrrole nitrogens is 1. The summed E-state index contributed by atoms with van der Waals surface area (Å²) in [6, 6.07) is 9.49. The van der Waals surface area contributed by atoms with E-state index in [9.17, 15) is 9.59 Å². The molecule has 5 nitrogen and oxygen atoms in total. The average Bonchev–Trinajstić information content (AvgIpc) is 3.26. The molecule has 1 aliphatic carbocycles. The lowest BCUT2D eigenvalue weighted by molar-refractivity contribution is 0.0754. The molecule has 2 heterocycles. The van der Waals surface area contributed by atoms with Crippen molar-refractivity contribution in [3.63, 3.8) is 0 Å². The standard InChI is InChI=1S/C18H18ClN3O2S/c1-2-21(10-13-6-8-16(19)25-13)17(23)11-3-7-14-15(9-11)22(12-4-5-12)18(24)20-14/h3,6-9,12H,2,4-5,10H2,1H3,(H,20,24). The maximum Gasteiger partial charge on any atom is 0.326 e. The van der Waals surface area contributed by atoms with Gasteiger partial charge in [-0.25, -0.2) is 4.79 Å². The van der Waals surface area contributed by atoms with Crippen molar-refractivity contribution in [1.82, 2.24) is 14.5 Å². The fourth-order valence-corrected chi connectivity index (χ4v) is 4.19. The van der Waals surface area contributed by atoms with Crippen LogP contribution in [-0.4, -0.2) is 26.9 Å². The number of halogens is 1. The highest BCUT2D eigenvalue weighted by atomic mass is 35.5. The number of imidazole rings is 1. The molecule has 0 aliphatic heterocycles. The SMILES string of the molecule is CCN(Cc1ccc(Cl)s1)C(=O)c1ccc2[nH]c(=O)n(C3CC3)c2c1. The molecule has 0 radical (unpaired) electrons. The van der Waals surface area contributed by atoms with E-state index >= 15 is 0 Å². The van der Waals surface area contributed by atoms with Gasteiger partial charge in [0.05, 0.1) is 21.9 Å². The molecule has 0 bridgehead atoms. The number of thiophene rings is 1. The number of carbonyl (C=O) groups is 1. The Kier molecular flexibility index (Phi) is 4.17. The minimum absolute atomic E-state index is 0.0371. The summed E-state index contributed by atoms with van der Waals surface area (Å²) in [5.74, 6) is -0.0371. The lowest BCUT2D eigenvalue weighted by Gasteiger charge is -2.20. The van der Waals surface area contributed by atoms with Crippen molar-refractivity contribution in [3.8, 4) is 0 Å². The van der Waals surface area contributed by atoms with Gasteiger partial charge in [-0.15, -0.1) is 11.3 Å². The zero-order chi connectivity index (χ0) is 17.6. The van der Waals surface area contributed by atoms with Gasteiger partial charge in [-0.2, -0.15) is 0 Å². The number of carbonyl (C=O) groups excluding carboxylic acids is 1. The van der Waals surface area contributed by atoms with E-state index < -0.39 is 0 Å². The third kappa shape index (κ3) is 3.12. The van der Waals surface area contributed by atoms with E-state index in [1.807, 2.05) is 31.2 Å². The topological polar surface area (TPSA) is 58.1 Å². The van der Waals surface area contributed by atoms with Crippen LogP contribution >= 0.6 is 22.9 Å². The van der Waals surface area contributed by atoms with Crippen LogP contribution in [0.1, 0.15) is 41.0 Å². The summed E-state index contributed by atoms with van der Waals surface area (Å²) in [5.41, 5.74) is 2.10. The lowest BCUT2D eigenvalue weighted by Crippen LogP contribution is -2.30. The molecular formula is C18H18ClN3O2S. The highest BCUT2D eigenvalue weighted by Gasteiger charge is 2.27. The van der Waals surface area contributed by atoms with Crippen LogP contribution in [0.15, 0.2) is 35.1 Å². The van der Waals surface area contributed by atoms with Crippen LogP contribution in [0, 0.1) is 0 Å². The number of nitrogens with zero attached hydrogens (tertiary/aromatic N) is 2. The summed E-state index contributed by atoms with van der Waals surface area (Å²) < 4.78 is 2.50. The largest absolute Gasteiger partial charge is 0.334 e. The molecule has 1 N–H and O–H groups in total. The number of aromatic nitrogens is 2. The van der Waals surface area contributed by atoms with E-state index in [4.69, 9.17) is 11.6 Å². The molecule has 1 aliphatic rings. The summed E-state index contributed by atoms with van der Waals surface area (Å²) >= 11 is 7.47. The Morgan fingerprint density at radius 2 is 2.16 bits per heavy atom. The first-order chi connectivity index (χ1) is 12.1. The molecular weight excluding hydrogens is 358 g/mol. The first-order valence-corrected chi connectivity index (χ1v) is 9.54. The van der Waals surface area contributed by atoms with Gasteiger partial charge in [-0.05, 0) is 50.1 Å². The first-order valence-electron chi connectivity index (χ1n) is 8.34. The first kappa shape index (κ1) is 16.4. The van der Waals surface area contributed by atoms with Gasteiger partial charge in [-0.1, -0.05) is 11.6 Å². The number of nitrogens with one attached hydrogen (secondary N) is 1. The highest BCUT2D eigenvalue weighted by molar-refractivity contribution is 7.16. The van der Waals surface area contributed by atoms with Gasteiger partial charge in [-0.3, -0.25) is 9.36 Å². The van der Waals surface area contributed by atoms with Gasteiger partial charge >= 0.3 is 5.69 Å². The molecule has 4 rings (SSSR count). The molecule has 130 valence electrons. The summed E-state index contributed by atoms with van der Waals surface area (Å²) in [5, 5.41) is 0. The molecule has 1 fully saturated rings. The minimum Gasteiger partial charge on any atom is -0.334 e. The van der Waals surface area contributed by atoms with E-state index in [0.717, 1.165) is 33.1 Å². The van der Waals surface area contributed by atoms with Crippen LogP contribution in [-0.2, 0) is 6.54 Å². The fraction of sp³-hybridized carbons (Fsp3) is 0.333. The van der Waals surface area contributed by atoms with Crippen LogP contribution in [0.2, 0.25) is 4.34 Å². The second-order valence-electron chi connectivity index (χ2n) is 6.29. The van der Waals surface area contributed by atoms with Gasteiger partial charge in [0.2, 0.25) is 0 Å². The Morgan fingerprint density at radius 3 is 2.80 bits per heavy atom. The number of amides is 1. The summed E-state index contributed by atoms with van der Waals surface area (Å²) in [6.07, 6.45) is 2.04. The van der Waals surface area contributed by atoms with E-state index in [0.29, 0.717) is 18.7 Å². The predicted molar refractivity (Wildman–Crippen MR) is 101 cm³/mol. The van der Waals surface area contributed by atoms with Crippen LogP contribution in [0.3, 0.4) is 0 Å². The van der Waals surface area contributed by atoms with Gasteiger partial charge in [0.25, 0.3) is 5.91 Å². The number of hydrogen-bond acceptors (Lipinski definition) is 3. The Bertz CT molecular complexity index is 999. The monoisotopic (exact) mass is 375 g/mol. The third-order valence-corrected chi connectivity index (χ3v) is 5.74. The number of benzene rings is 1. The summed E-state index contributed by atoms with van der Waals surface area (Å²) in [4.78, 5) is 30.8. The van der Waals surface area contributed by atoms with Crippen molar-refractivity contribution in [3.05, 3.63) is 55.6 Å². The van der Waals surface area contributed by atoms with Crippen molar-refractivity contribution >= 4 is 39.9 Å². The average molecular weight is 376 g/mol. The van der Waals surface area contributed by atoms with Crippen molar-refractivity contribution < 1.29 is 4.79 Å². The number of aromatic amines is 1. The van der Waals surface area contributed by atoms with E-state index in [-0.39, 0.29) is 17.6 Å². The molecule has 0 saturated heterocycles. The van der Waals surface area contributed by atoms with Gasteiger partial charge in [0, 0.05) is 23.0 Å². The highest BCUT2D eigenvalue weighted by Crippen LogP contribution is 2.35. The molecule has 1 amide bonds. The Balaban J connectivity index is 1.66. The molecule has 1 aromatic carbocycles. The Hall–Kier alpha value is -2.05. The number of fused-ring (bicyclic) bond motifs is 1. The predicted octanol–water partition coefficient (Wildman–Crippen LogP) is 4.04. The van der Waals surface area contributed by atoms with Crippen LogP contribution in [0.25, 0.3) is 11.0 Å². The van der Waals surface area contributed by atoms with Gasteiger partial charge < -0.3 is 9.88 Å². The molecule has 7 heteroatoms. The third-order valence-electron chi connectivity index (χ3n) is 4.52. The molecule has 3 aromatic rings. The lowest BCUT2D eigenvalue weighted by atomic mass is 10.1. The molecule has 0 atom stereocenters. The van der Waals surface area contributed by atoms with E-state index in [1.54, 1.807) is 15.5 Å². The second kappa shape index (κ2) is 6.35. The normalized spacial score (nSPS) is 14.2. The van der Waals surface area contributed by atoms with Crippen LogP contribution < -0.4 is 5.69 Å². The number of hydrogen-bond donors (Lipinski definition) is 1. The maximum absolute atomic E-state index is 12.9. The zero-order valence-electron chi connectivity index (χ0n) is 13.8. The second-order valence-corrected chi connectivity index (χ2v) is 8.09. The number of rotatable bonds is 5. The van der Waals surface area contributed by atoms with Crippen LogP contribution in [0.4, 0.5) is 0 Å². The van der Waals surface area contributed by atoms with E-state index in [2.05, 4.69) is 4.98 Å². The molecule has 0 unspecified atom stereocenters. The molecule has 0 spiro atoms. The van der Waals surface area contributed by atoms with Crippen molar-refractivity contribution in [2.24, 2.45) is 0 Å². The maximum atomic E-state index is 12.9. The Morgan fingerprint density at radius 1 is 1.36 bits per heavy atom. The van der Waals surface area contributed by atoms with Crippen molar-refractivity contribution in [2.75, 3.05) is 6.54 Å². The quantitative estimate of drug-likeness (QED) is 0.731. The smallest absolute Gasteiger partial charge is 0.326 e. The molecule has 25 heavy (non-hydrogen) atoms. The minimum atomic E-state index is -0.0947. The van der Waals surface area contributed by atoms with Gasteiger partial charge in [0.1, 0.15) is 0 Å². The molecule has 1 saturated carbocycles. The van der Waals surface area contributed by atoms with Crippen molar-refractivity contribution in [2.45, 2.75) is 32.4 Å². The molecule has 2 aromatic heterocycles. The van der Waals surface area contributed by atoms with Gasteiger partial charge in [0.15, 0.2) is 0 Å². The van der Waals surface area contributed by atoms with E-state index in [1.165, 1.54) is 11.3 Å². The van der Waals surface area contributed by atoms with Crippen LogP contribution in [0.5, 0.6) is 0 Å². The fourth-order valence-electron chi connectivity index (χ4n) is 3.08. The summed E-state index contributed by atoms with van der Waals surface area (Å²) in [7, 11) is 0. The Labute approximate surface area is 153 Å². The summed E-state index contributed by atoms with van der Waals surface area (Å²) in [6.45, 7) is 3.10. The van der Waals surface area contributed by atoms with Crippen molar-refractivity contribution in [1.29, 1.82) is 0 Å². The zero-order valence-corrected chi connectivity index (χ0v) is 15.4.